The third-order valence-electron chi connectivity index (χ3n) is 9.21. The van der Waals surface area contributed by atoms with E-state index in [4.69, 9.17) is 9.47 Å². The molecule has 18 heteroatoms. The molecule has 10 nitrogen and oxygen atoms in total. The third-order valence-corrected chi connectivity index (χ3v) is 12.9. The average molecular weight is 904 g/mol. The molecule has 0 radical (unpaired) electrons. The van der Waals surface area contributed by atoms with Crippen molar-refractivity contribution in [3.8, 4) is 10.0 Å². The number of hydrogen-bond donors (Lipinski definition) is 0. The van der Waals surface area contributed by atoms with E-state index in [0.717, 1.165) is 34.3 Å². The largest absolute Gasteiger partial charge is 1.00 e. The first kappa shape index (κ1) is 45.1. The number of ether oxygens (including phenoxy) is 2. The van der Waals surface area contributed by atoms with Gasteiger partial charge in [0.25, 0.3) is 0 Å². The van der Waals surface area contributed by atoms with Gasteiger partial charge in [0.05, 0.1) is 13.2 Å². The standard InChI is InChI=1S/C19H18N4OS.C10H10BrN3OS.C9H8N.CH4.BF3.K/c1-12-15(9-22-8-7-14-5-3-4-6-17(14)22)16-10-24-11-18-21-20-13(2)23(18)19(16)25-12;1-5-9(11)7-3-15-4-8-13-12-6(2)14(8)10(7)16-5;1-10-7-6-8-4-2-3-5-9(8)10;;2-1(3)4;/h3-8H,9-11H2,1-2H3;3-4H2,1-2H3;2-7H,1H2;1H4;;/q;;-1;;;+1. The molecule has 0 saturated heterocycles. The van der Waals surface area contributed by atoms with Crippen molar-refractivity contribution in [2.24, 2.45) is 0 Å². The van der Waals surface area contributed by atoms with Gasteiger partial charge in [-0.15, -0.1) is 62.4 Å². The topological polar surface area (TPSA) is 89.7 Å². The van der Waals surface area contributed by atoms with Crippen LogP contribution in [0, 0.1) is 34.7 Å². The molecule has 2 aromatic carbocycles. The van der Waals surface area contributed by atoms with Gasteiger partial charge in [0.1, 0.15) is 34.9 Å². The molecule has 0 bridgehead atoms. The van der Waals surface area contributed by atoms with Crippen LogP contribution in [-0.2, 0) is 42.4 Å². The van der Waals surface area contributed by atoms with Gasteiger partial charge >= 0.3 is 58.9 Å². The van der Waals surface area contributed by atoms with Gasteiger partial charge in [-0.3, -0.25) is 22.1 Å². The first-order valence-electron chi connectivity index (χ1n) is 17.2. The number of rotatable bonds is 2. The van der Waals surface area contributed by atoms with Crippen LogP contribution >= 0.6 is 38.6 Å². The molecular weight excluding hydrogens is 863 g/mol. The summed E-state index contributed by atoms with van der Waals surface area (Å²) in [6.45, 7) is 11.4. The number of thiophene rings is 2. The van der Waals surface area contributed by atoms with Crippen LogP contribution in [0.1, 0.15) is 57.2 Å². The Kier molecular flexibility index (Phi) is 15.7. The van der Waals surface area contributed by atoms with Crippen LogP contribution in [-0.4, -0.2) is 46.2 Å². The number of hydrogen-bond acceptors (Lipinski definition) is 8. The second-order valence-corrected chi connectivity index (χ2v) is 16.0. The molecule has 2 aliphatic rings. The molecule has 57 heavy (non-hydrogen) atoms. The minimum absolute atomic E-state index is 0. The van der Waals surface area contributed by atoms with Gasteiger partial charge in [-0.25, -0.2) is 0 Å². The van der Waals surface area contributed by atoms with Crippen molar-refractivity contribution in [2.45, 2.75) is 68.1 Å². The number of para-hydroxylation sites is 2. The first-order valence-corrected chi connectivity index (χ1v) is 19.6. The molecule has 0 spiro atoms. The zero-order valence-electron chi connectivity index (χ0n) is 31.5. The van der Waals surface area contributed by atoms with Crippen molar-refractivity contribution < 1.29 is 73.8 Å². The zero-order valence-corrected chi connectivity index (χ0v) is 37.8. The van der Waals surface area contributed by atoms with Crippen LogP contribution < -0.4 is 51.4 Å². The molecule has 2 aliphatic heterocycles. The van der Waals surface area contributed by atoms with Gasteiger partial charge in [0.15, 0.2) is 11.6 Å². The minimum atomic E-state index is -3.67. The monoisotopic (exact) mass is 902 g/mol. The van der Waals surface area contributed by atoms with Gasteiger partial charge < -0.3 is 18.6 Å². The van der Waals surface area contributed by atoms with E-state index in [1.807, 2.05) is 48.1 Å². The van der Waals surface area contributed by atoms with E-state index in [1.54, 1.807) is 11.3 Å². The van der Waals surface area contributed by atoms with Crippen LogP contribution in [0.5, 0.6) is 0 Å². The maximum absolute atomic E-state index is 9.67. The normalized spacial score (nSPS) is 12.4. The Balaban J connectivity index is 0.000000166. The number of aromatic nitrogens is 8. The number of halogens is 4. The van der Waals surface area contributed by atoms with Gasteiger partial charge in [-0.1, -0.05) is 60.8 Å². The number of aryl methyl sites for hydroxylation is 4. The van der Waals surface area contributed by atoms with Crippen molar-refractivity contribution >= 4 is 68.0 Å². The summed E-state index contributed by atoms with van der Waals surface area (Å²) in [7, 11) is 0.159. The number of nitrogens with zero attached hydrogens (tertiary/aromatic N) is 8. The Morgan fingerprint density at radius 2 is 1.19 bits per heavy atom. The predicted octanol–water partition coefficient (Wildman–Crippen LogP) is 7.52. The summed E-state index contributed by atoms with van der Waals surface area (Å²) >= 11 is 7.17. The van der Waals surface area contributed by atoms with Gasteiger partial charge in [0.2, 0.25) is 0 Å². The van der Waals surface area contributed by atoms with Crippen molar-refractivity contribution in [2.75, 3.05) is 0 Å². The molecule has 0 fully saturated rings. The number of benzene rings is 2. The SMILES string of the molecule is C.Cc1sc2c(c1Br)COCc1nnc(C)n1-2.Cc1sc2c(c1Cn1ccc3ccccc31)COCc1nnc(C)n1-2.FB(F)F.[CH2-]n1ccc2ccccc21.[K+]. The summed E-state index contributed by atoms with van der Waals surface area (Å²) in [5.41, 5.74) is 6.26. The summed E-state index contributed by atoms with van der Waals surface area (Å²) in [5.74, 6) is 3.59. The summed E-state index contributed by atoms with van der Waals surface area (Å²) in [4.78, 5) is 2.59. The van der Waals surface area contributed by atoms with Crippen LogP contribution in [0.2, 0.25) is 0 Å². The Bertz CT molecular complexity index is 2600. The summed E-state index contributed by atoms with van der Waals surface area (Å²) in [5, 5.41) is 21.6. The molecule has 0 atom stereocenters. The van der Waals surface area contributed by atoms with Gasteiger partial charge in [0, 0.05) is 43.6 Å². The van der Waals surface area contributed by atoms with E-state index < -0.39 is 7.54 Å². The third kappa shape index (κ3) is 9.72. The quantitative estimate of drug-likeness (QED) is 0.132. The Morgan fingerprint density at radius 3 is 1.79 bits per heavy atom. The van der Waals surface area contributed by atoms with E-state index in [2.05, 4.69) is 126 Å². The number of fused-ring (bicyclic) bond motifs is 8. The second kappa shape index (κ2) is 19.8. The van der Waals surface area contributed by atoms with Crippen molar-refractivity contribution in [3.05, 3.63) is 134 Å². The molecule has 0 N–H and O–H groups in total. The van der Waals surface area contributed by atoms with E-state index in [1.165, 1.54) is 58.3 Å². The molecule has 0 saturated carbocycles. The Labute approximate surface area is 388 Å². The fourth-order valence-electron chi connectivity index (χ4n) is 6.62. The molecule has 0 unspecified atom stereocenters. The zero-order chi connectivity index (χ0) is 38.8. The van der Waals surface area contributed by atoms with E-state index in [9.17, 15) is 12.9 Å². The first-order chi connectivity index (χ1) is 26.5. The fraction of sp³-hybridized carbons (Fsp3) is 0.256. The molecule has 0 amide bonds. The smallest absolute Gasteiger partial charge is 0.487 e. The maximum atomic E-state index is 9.67. The maximum Gasteiger partial charge on any atom is 1.00 e. The molecular formula is C39H40BBrF3KN8O2S2. The fourth-order valence-corrected chi connectivity index (χ4v) is 9.64. The predicted molar refractivity (Wildman–Crippen MR) is 222 cm³/mol. The molecule has 292 valence electrons. The van der Waals surface area contributed by atoms with Crippen LogP contribution in [0.3, 0.4) is 0 Å². The molecule has 8 heterocycles. The van der Waals surface area contributed by atoms with Crippen LogP contribution in [0.4, 0.5) is 12.9 Å². The average Bonchev–Trinajstić information content (AvgIpc) is 3.99. The molecule has 0 aliphatic carbocycles. The minimum Gasteiger partial charge on any atom is -0.487 e. The van der Waals surface area contributed by atoms with Crippen LogP contribution in [0.25, 0.3) is 31.8 Å². The molecule has 10 rings (SSSR count). The van der Waals surface area contributed by atoms with E-state index in [-0.39, 0.29) is 58.8 Å². The molecule has 8 aromatic rings. The van der Waals surface area contributed by atoms with Crippen molar-refractivity contribution in [1.29, 1.82) is 0 Å². The Hall–Kier alpha value is -3.04. The van der Waals surface area contributed by atoms with Gasteiger partial charge in [-0.2, -0.15) is 0 Å². The van der Waals surface area contributed by atoms with Crippen LogP contribution in [0.15, 0.2) is 77.5 Å². The summed E-state index contributed by atoms with van der Waals surface area (Å²) < 4.78 is 50.1. The van der Waals surface area contributed by atoms with Gasteiger partial charge in [-0.05, 0) is 66.7 Å². The van der Waals surface area contributed by atoms with Crippen molar-refractivity contribution in [1.82, 2.24) is 38.7 Å². The van der Waals surface area contributed by atoms with E-state index >= 15 is 0 Å². The molecule has 6 aromatic heterocycles. The summed E-state index contributed by atoms with van der Waals surface area (Å²) in [6.07, 6.45) is 4.13. The summed E-state index contributed by atoms with van der Waals surface area (Å²) in [6, 6.07) is 20.9. The Morgan fingerprint density at radius 1 is 0.702 bits per heavy atom. The second-order valence-electron chi connectivity index (χ2n) is 12.8. The van der Waals surface area contributed by atoms with Crippen molar-refractivity contribution in [3.63, 3.8) is 0 Å². The van der Waals surface area contributed by atoms with E-state index in [0.29, 0.717) is 26.4 Å².